The Labute approximate surface area is 130 Å². The Morgan fingerprint density at radius 2 is 2.19 bits per heavy atom. The van der Waals surface area contributed by atoms with E-state index < -0.39 is 0 Å². The van der Waals surface area contributed by atoms with Crippen molar-refractivity contribution in [2.75, 3.05) is 6.54 Å². The van der Waals surface area contributed by atoms with Gasteiger partial charge in [-0.15, -0.1) is 11.8 Å². The molecule has 3 nitrogen and oxygen atoms in total. The highest BCUT2D eigenvalue weighted by Gasteiger charge is 2.28. The molecule has 1 N–H and O–H groups in total. The highest BCUT2D eigenvalue weighted by molar-refractivity contribution is 7.99. The third-order valence-corrected chi connectivity index (χ3v) is 5.24. The van der Waals surface area contributed by atoms with E-state index in [2.05, 4.69) is 46.5 Å². The topological polar surface area (TPSA) is 37.8 Å². The van der Waals surface area contributed by atoms with E-state index >= 15 is 0 Å². The monoisotopic (exact) mass is 299 g/mol. The van der Waals surface area contributed by atoms with Crippen LogP contribution in [0.1, 0.15) is 36.9 Å². The lowest BCUT2D eigenvalue weighted by molar-refractivity contribution is 0.516. The van der Waals surface area contributed by atoms with Crippen molar-refractivity contribution in [2.45, 2.75) is 42.5 Å². The third kappa shape index (κ3) is 3.44. The standard InChI is InChI=1S/C17H21N3S/c1-2-19-17-14-8-4-3-6-13(14)7-5-9-15(17)21-16-10-11-18-12-20-16/h3-4,6,8,10-12,15,17,19H,2,5,7,9H2,1H3. The average Bonchev–Trinajstić information content (AvgIpc) is 2.69. The largest absolute Gasteiger partial charge is 0.309 e. The molecule has 1 aromatic heterocycles. The lowest BCUT2D eigenvalue weighted by atomic mass is 9.99. The number of hydrogen-bond donors (Lipinski definition) is 1. The van der Waals surface area contributed by atoms with Crippen LogP contribution in [-0.2, 0) is 6.42 Å². The fourth-order valence-electron chi connectivity index (χ4n) is 3.02. The fourth-order valence-corrected chi connectivity index (χ4v) is 4.24. The Balaban J connectivity index is 1.88. The summed E-state index contributed by atoms with van der Waals surface area (Å²) in [7, 11) is 0. The fraction of sp³-hybridized carbons (Fsp3) is 0.412. The van der Waals surface area contributed by atoms with E-state index in [4.69, 9.17) is 0 Å². The Hall–Kier alpha value is -1.39. The molecule has 0 spiro atoms. The van der Waals surface area contributed by atoms with Gasteiger partial charge in [0.05, 0.1) is 5.03 Å². The zero-order valence-corrected chi connectivity index (χ0v) is 13.1. The normalized spacial score (nSPS) is 21.6. The van der Waals surface area contributed by atoms with Crippen LogP contribution in [0.25, 0.3) is 0 Å². The first kappa shape index (κ1) is 14.5. The lowest BCUT2D eigenvalue weighted by Gasteiger charge is -2.26. The number of aryl methyl sites for hydroxylation is 1. The van der Waals surface area contributed by atoms with Crippen LogP contribution in [-0.4, -0.2) is 21.8 Å². The Morgan fingerprint density at radius 1 is 1.29 bits per heavy atom. The second kappa shape index (κ2) is 7.05. The van der Waals surface area contributed by atoms with E-state index in [1.807, 2.05) is 24.0 Å². The summed E-state index contributed by atoms with van der Waals surface area (Å²) in [5.41, 5.74) is 2.96. The predicted octanol–water partition coefficient (Wildman–Crippen LogP) is 3.62. The molecule has 110 valence electrons. The predicted molar refractivity (Wildman–Crippen MR) is 87.5 cm³/mol. The molecule has 1 heterocycles. The van der Waals surface area contributed by atoms with Crippen molar-refractivity contribution in [3.05, 3.63) is 54.0 Å². The molecule has 2 atom stereocenters. The summed E-state index contributed by atoms with van der Waals surface area (Å²) in [6, 6.07) is 11.3. The molecular formula is C17H21N3S. The van der Waals surface area contributed by atoms with Crippen LogP contribution in [0.5, 0.6) is 0 Å². The van der Waals surface area contributed by atoms with Crippen molar-refractivity contribution >= 4 is 11.8 Å². The molecule has 21 heavy (non-hydrogen) atoms. The molecule has 1 aliphatic carbocycles. The van der Waals surface area contributed by atoms with Crippen LogP contribution in [0.2, 0.25) is 0 Å². The van der Waals surface area contributed by atoms with Crippen molar-refractivity contribution in [3.63, 3.8) is 0 Å². The summed E-state index contributed by atoms with van der Waals surface area (Å²) in [5, 5.41) is 5.27. The zero-order chi connectivity index (χ0) is 14.5. The Bertz CT molecular complexity index is 573. The SMILES string of the molecule is CCNC1c2ccccc2CCCC1Sc1ccncn1. The Kier molecular flexibility index (Phi) is 4.88. The van der Waals surface area contributed by atoms with Gasteiger partial charge in [-0.3, -0.25) is 0 Å². The molecule has 2 unspecified atom stereocenters. The number of fused-ring (bicyclic) bond motifs is 1. The van der Waals surface area contributed by atoms with Crippen molar-refractivity contribution in [1.29, 1.82) is 0 Å². The van der Waals surface area contributed by atoms with Gasteiger partial charge in [-0.1, -0.05) is 31.2 Å². The van der Waals surface area contributed by atoms with Crippen molar-refractivity contribution in [3.8, 4) is 0 Å². The zero-order valence-electron chi connectivity index (χ0n) is 12.3. The van der Waals surface area contributed by atoms with Crippen LogP contribution >= 0.6 is 11.8 Å². The van der Waals surface area contributed by atoms with Gasteiger partial charge in [0.25, 0.3) is 0 Å². The minimum Gasteiger partial charge on any atom is -0.309 e. The van der Waals surface area contributed by atoms with Crippen molar-refractivity contribution in [1.82, 2.24) is 15.3 Å². The van der Waals surface area contributed by atoms with Crippen LogP contribution in [0, 0.1) is 0 Å². The second-order valence-corrected chi connectivity index (χ2v) is 6.59. The molecule has 3 rings (SSSR count). The molecule has 0 radical (unpaired) electrons. The highest BCUT2D eigenvalue weighted by Crippen LogP contribution is 2.38. The maximum Gasteiger partial charge on any atom is 0.116 e. The van der Waals surface area contributed by atoms with E-state index in [9.17, 15) is 0 Å². The molecule has 0 saturated heterocycles. The molecule has 0 saturated carbocycles. The van der Waals surface area contributed by atoms with Gasteiger partial charge in [0, 0.05) is 17.5 Å². The first-order valence-corrected chi connectivity index (χ1v) is 8.50. The molecule has 0 aliphatic heterocycles. The number of nitrogens with zero attached hydrogens (tertiary/aromatic N) is 2. The molecule has 2 aromatic rings. The minimum atomic E-state index is 0.397. The smallest absolute Gasteiger partial charge is 0.116 e. The van der Waals surface area contributed by atoms with Crippen LogP contribution in [0.15, 0.2) is 47.9 Å². The molecule has 1 aliphatic rings. The van der Waals surface area contributed by atoms with Crippen molar-refractivity contribution < 1.29 is 0 Å². The second-order valence-electron chi connectivity index (χ2n) is 5.33. The number of rotatable bonds is 4. The summed E-state index contributed by atoms with van der Waals surface area (Å²) in [4.78, 5) is 8.39. The number of hydrogen-bond acceptors (Lipinski definition) is 4. The van der Waals surface area contributed by atoms with Crippen LogP contribution in [0.3, 0.4) is 0 Å². The average molecular weight is 299 g/mol. The van der Waals surface area contributed by atoms with Gasteiger partial charge < -0.3 is 5.32 Å². The van der Waals surface area contributed by atoms with Gasteiger partial charge in [-0.05, 0) is 43.0 Å². The molecule has 0 bridgehead atoms. The maximum atomic E-state index is 4.38. The summed E-state index contributed by atoms with van der Waals surface area (Å²) >= 11 is 1.88. The van der Waals surface area contributed by atoms with Gasteiger partial charge >= 0.3 is 0 Å². The summed E-state index contributed by atoms with van der Waals surface area (Å²) < 4.78 is 0. The molecule has 4 heteroatoms. The first-order valence-electron chi connectivity index (χ1n) is 7.62. The molecule has 1 aromatic carbocycles. The molecule has 0 fully saturated rings. The van der Waals surface area contributed by atoms with E-state index in [1.165, 1.54) is 30.4 Å². The van der Waals surface area contributed by atoms with E-state index in [0.29, 0.717) is 11.3 Å². The minimum absolute atomic E-state index is 0.397. The van der Waals surface area contributed by atoms with Gasteiger partial charge in [0.2, 0.25) is 0 Å². The maximum absolute atomic E-state index is 4.38. The van der Waals surface area contributed by atoms with Crippen LogP contribution < -0.4 is 5.32 Å². The van der Waals surface area contributed by atoms with E-state index in [0.717, 1.165) is 11.6 Å². The van der Waals surface area contributed by atoms with E-state index in [1.54, 1.807) is 6.33 Å². The quantitative estimate of drug-likeness (QED) is 0.691. The molecular weight excluding hydrogens is 278 g/mol. The number of aromatic nitrogens is 2. The molecule has 0 amide bonds. The van der Waals surface area contributed by atoms with Gasteiger partial charge in [-0.2, -0.15) is 0 Å². The summed E-state index contributed by atoms with van der Waals surface area (Å²) in [6.07, 6.45) is 7.08. The van der Waals surface area contributed by atoms with E-state index in [-0.39, 0.29) is 0 Å². The third-order valence-electron chi connectivity index (χ3n) is 3.95. The number of benzene rings is 1. The van der Waals surface area contributed by atoms with Crippen molar-refractivity contribution in [2.24, 2.45) is 0 Å². The summed E-state index contributed by atoms with van der Waals surface area (Å²) in [5.74, 6) is 0. The summed E-state index contributed by atoms with van der Waals surface area (Å²) in [6.45, 7) is 3.17. The first-order chi connectivity index (χ1) is 10.4. The van der Waals surface area contributed by atoms with Gasteiger partial charge in [0.15, 0.2) is 0 Å². The lowest BCUT2D eigenvalue weighted by Crippen LogP contribution is -2.30. The van der Waals surface area contributed by atoms with Crippen LogP contribution in [0.4, 0.5) is 0 Å². The number of thioether (sulfide) groups is 1. The highest BCUT2D eigenvalue weighted by atomic mass is 32.2. The van der Waals surface area contributed by atoms with Gasteiger partial charge in [-0.25, -0.2) is 9.97 Å². The van der Waals surface area contributed by atoms with Gasteiger partial charge in [0.1, 0.15) is 6.33 Å². The number of nitrogens with one attached hydrogen (secondary N) is 1. The Morgan fingerprint density at radius 3 is 3.00 bits per heavy atom.